The number of hydrogen-bond donors (Lipinski definition) is 0. The summed E-state index contributed by atoms with van der Waals surface area (Å²) in [5, 5.41) is 3.95. The van der Waals surface area contributed by atoms with E-state index in [-0.39, 0.29) is 5.56 Å². The third-order valence-electron chi connectivity index (χ3n) is 5.58. The van der Waals surface area contributed by atoms with Crippen molar-refractivity contribution in [3.8, 4) is 5.75 Å². The number of ether oxygens (including phenoxy) is 2. The van der Waals surface area contributed by atoms with Gasteiger partial charge in [-0.2, -0.15) is 11.3 Å². The summed E-state index contributed by atoms with van der Waals surface area (Å²) < 4.78 is 12.6. The van der Waals surface area contributed by atoms with E-state index in [0.29, 0.717) is 36.6 Å². The lowest BCUT2D eigenvalue weighted by molar-refractivity contribution is 0.0592. The van der Waals surface area contributed by atoms with Crippen LogP contribution in [0.2, 0.25) is 0 Å². The Morgan fingerprint density at radius 3 is 2.61 bits per heavy atom. The minimum absolute atomic E-state index is 0.153. The summed E-state index contributed by atoms with van der Waals surface area (Å²) in [6, 6.07) is 11.9. The van der Waals surface area contributed by atoms with E-state index in [1.807, 2.05) is 16.8 Å². The topological polar surface area (TPSA) is 60.8 Å². The maximum atomic E-state index is 12.9. The Labute approximate surface area is 185 Å². The van der Waals surface area contributed by atoms with Crippen LogP contribution in [0.25, 0.3) is 0 Å². The summed E-state index contributed by atoms with van der Waals surface area (Å²) in [5.74, 6) is -0.183. The molecule has 0 saturated carbocycles. The van der Waals surface area contributed by atoms with E-state index in [9.17, 15) is 9.59 Å². The summed E-state index contributed by atoms with van der Waals surface area (Å²) in [6.07, 6.45) is 0.571. The van der Waals surface area contributed by atoms with Crippen molar-refractivity contribution in [1.82, 2.24) is 9.47 Å². The lowest BCUT2D eigenvalue weighted by Crippen LogP contribution is -2.29. The van der Waals surface area contributed by atoms with Crippen LogP contribution < -0.4 is 10.3 Å². The highest BCUT2D eigenvalue weighted by Crippen LogP contribution is 2.25. The molecule has 0 bridgehead atoms. The van der Waals surface area contributed by atoms with E-state index in [2.05, 4.69) is 36.1 Å². The molecule has 1 aliphatic rings. The molecule has 162 valence electrons. The van der Waals surface area contributed by atoms with Crippen molar-refractivity contribution in [3.05, 3.63) is 85.5 Å². The van der Waals surface area contributed by atoms with E-state index in [1.165, 1.54) is 24.3 Å². The van der Waals surface area contributed by atoms with E-state index in [4.69, 9.17) is 9.47 Å². The minimum atomic E-state index is -0.476. The smallest absolute Gasteiger partial charge is 0.343 e. The number of rotatable bonds is 6. The molecular weight excluding hydrogens is 412 g/mol. The zero-order chi connectivity index (χ0) is 21.8. The van der Waals surface area contributed by atoms with Crippen LogP contribution in [0.3, 0.4) is 0 Å². The van der Waals surface area contributed by atoms with Gasteiger partial charge in [-0.05, 0) is 34.9 Å². The van der Waals surface area contributed by atoms with Crippen LogP contribution in [0.4, 0.5) is 0 Å². The Morgan fingerprint density at radius 1 is 1.10 bits per heavy atom. The minimum Gasteiger partial charge on any atom is -0.488 e. The van der Waals surface area contributed by atoms with Crippen LogP contribution in [0.15, 0.2) is 52.0 Å². The highest BCUT2D eigenvalue weighted by molar-refractivity contribution is 7.07. The van der Waals surface area contributed by atoms with Crippen molar-refractivity contribution in [2.75, 3.05) is 20.2 Å². The molecule has 2 aromatic heterocycles. The van der Waals surface area contributed by atoms with Gasteiger partial charge >= 0.3 is 5.97 Å². The van der Waals surface area contributed by atoms with Gasteiger partial charge in [0, 0.05) is 44.4 Å². The predicted octanol–water partition coefficient (Wildman–Crippen LogP) is 3.64. The fourth-order valence-corrected chi connectivity index (χ4v) is 4.53. The number of nitrogens with zero attached hydrogens (tertiary/aromatic N) is 2. The van der Waals surface area contributed by atoms with Crippen molar-refractivity contribution in [2.45, 2.75) is 33.0 Å². The van der Waals surface area contributed by atoms with Crippen molar-refractivity contribution in [2.24, 2.45) is 0 Å². The molecule has 1 aromatic carbocycles. The van der Waals surface area contributed by atoms with Crippen LogP contribution in [0, 0.1) is 6.92 Å². The number of pyridine rings is 1. The molecule has 0 aliphatic carbocycles. The Bertz CT molecular complexity index is 1100. The van der Waals surface area contributed by atoms with Gasteiger partial charge in [0.15, 0.2) is 0 Å². The molecule has 0 N–H and O–H groups in total. The number of carbonyl (C=O) groups excluding carboxylic acids is 1. The fraction of sp³-hybridized carbons (Fsp3) is 0.333. The number of hydrogen-bond acceptors (Lipinski definition) is 6. The van der Waals surface area contributed by atoms with Crippen LogP contribution >= 0.6 is 11.3 Å². The van der Waals surface area contributed by atoms with E-state index < -0.39 is 5.97 Å². The van der Waals surface area contributed by atoms with Gasteiger partial charge in [0.05, 0.1) is 7.11 Å². The standard InChI is InChI=1S/C24H26N2O4S/c1-17-3-5-18(6-4-17)14-25-9-7-20-23(24(28)29-2)21(13-22(27)26(20)11-10-25)30-15-19-8-12-31-16-19/h3-6,8,12-13,16H,7,9-11,14-15H2,1-2H3. The molecule has 0 atom stereocenters. The highest BCUT2D eigenvalue weighted by atomic mass is 32.1. The average molecular weight is 439 g/mol. The first-order chi connectivity index (χ1) is 15.0. The summed E-state index contributed by atoms with van der Waals surface area (Å²) in [6.45, 7) is 5.18. The quantitative estimate of drug-likeness (QED) is 0.550. The number of fused-ring (bicyclic) bond motifs is 1. The monoisotopic (exact) mass is 438 g/mol. The normalized spacial score (nSPS) is 14.0. The van der Waals surface area contributed by atoms with E-state index >= 15 is 0 Å². The third-order valence-corrected chi connectivity index (χ3v) is 6.31. The van der Waals surface area contributed by atoms with Crippen molar-refractivity contribution < 1.29 is 14.3 Å². The van der Waals surface area contributed by atoms with E-state index in [1.54, 1.807) is 15.9 Å². The second-order valence-electron chi connectivity index (χ2n) is 7.74. The predicted molar refractivity (Wildman–Crippen MR) is 121 cm³/mol. The molecular formula is C24H26N2O4S. The van der Waals surface area contributed by atoms with Crippen LogP contribution in [0.5, 0.6) is 5.75 Å². The van der Waals surface area contributed by atoms with E-state index in [0.717, 1.165) is 25.2 Å². The van der Waals surface area contributed by atoms with Crippen molar-refractivity contribution in [1.29, 1.82) is 0 Å². The second-order valence-corrected chi connectivity index (χ2v) is 8.52. The number of aromatic nitrogens is 1. The third kappa shape index (κ3) is 4.89. The summed E-state index contributed by atoms with van der Waals surface area (Å²) >= 11 is 1.58. The van der Waals surface area contributed by atoms with Gasteiger partial charge in [0.1, 0.15) is 17.9 Å². The largest absolute Gasteiger partial charge is 0.488 e. The zero-order valence-corrected chi connectivity index (χ0v) is 18.6. The van der Waals surface area contributed by atoms with Gasteiger partial charge < -0.3 is 14.0 Å². The van der Waals surface area contributed by atoms with Gasteiger partial charge in [-0.15, -0.1) is 0 Å². The van der Waals surface area contributed by atoms with Crippen LogP contribution in [0.1, 0.15) is 32.7 Å². The molecule has 0 spiro atoms. The molecule has 4 rings (SSSR count). The van der Waals surface area contributed by atoms with Gasteiger partial charge in [-0.1, -0.05) is 29.8 Å². The van der Waals surface area contributed by atoms with Crippen molar-refractivity contribution in [3.63, 3.8) is 0 Å². The summed E-state index contributed by atoms with van der Waals surface area (Å²) in [7, 11) is 1.35. The number of esters is 1. The number of methoxy groups -OCH3 is 1. The Kier molecular flexibility index (Phi) is 6.53. The van der Waals surface area contributed by atoms with Gasteiger partial charge in [0.25, 0.3) is 5.56 Å². The second kappa shape index (κ2) is 9.49. The molecule has 1 aliphatic heterocycles. The van der Waals surface area contributed by atoms with Crippen molar-refractivity contribution >= 4 is 17.3 Å². The summed E-state index contributed by atoms with van der Waals surface area (Å²) in [4.78, 5) is 27.9. The maximum Gasteiger partial charge on any atom is 0.343 e. The first-order valence-electron chi connectivity index (χ1n) is 10.3. The Morgan fingerprint density at radius 2 is 1.90 bits per heavy atom. The van der Waals surface area contributed by atoms with Crippen LogP contribution in [-0.4, -0.2) is 35.6 Å². The molecule has 0 radical (unpaired) electrons. The number of carbonyl (C=O) groups is 1. The lowest BCUT2D eigenvalue weighted by atomic mass is 10.1. The molecule has 0 saturated heterocycles. The first kappa shape index (κ1) is 21.3. The lowest BCUT2D eigenvalue weighted by Gasteiger charge is -2.19. The molecule has 3 aromatic rings. The average Bonchev–Trinajstić information content (AvgIpc) is 3.21. The van der Waals surface area contributed by atoms with Gasteiger partial charge in [-0.25, -0.2) is 4.79 Å². The Hall–Kier alpha value is -2.90. The van der Waals surface area contributed by atoms with Gasteiger partial charge in [0.2, 0.25) is 0 Å². The SMILES string of the molecule is COC(=O)c1c(OCc2ccsc2)cc(=O)n2c1CCN(Cc1ccc(C)cc1)CC2. The van der Waals surface area contributed by atoms with Crippen LogP contribution in [-0.2, 0) is 30.9 Å². The maximum absolute atomic E-state index is 12.9. The molecule has 31 heavy (non-hydrogen) atoms. The molecule has 0 unspecified atom stereocenters. The van der Waals surface area contributed by atoms with Gasteiger partial charge in [-0.3, -0.25) is 9.69 Å². The number of thiophene rings is 1. The molecule has 6 nitrogen and oxygen atoms in total. The Balaban J connectivity index is 1.60. The molecule has 0 fully saturated rings. The zero-order valence-electron chi connectivity index (χ0n) is 17.8. The highest BCUT2D eigenvalue weighted by Gasteiger charge is 2.26. The fourth-order valence-electron chi connectivity index (χ4n) is 3.87. The molecule has 0 amide bonds. The first-order valence-corrected chi connectivity index (χ1v) is 11.3. The number of benzene rings is 1. The number of aryl methyl sites for hydroxylation is 1. The molecule has 3 heterocycles. The molecule has 7 heteroatoms. The summed E-state index contributed by atoms with van der Waals surface area (Å²) in [5.41, 5.74) is 4.36.